The van der Waals surface area contributed by atoms with Gasteiger partial charge in [-0.15, -0.1) is 0 Å². The molecule has 0 amide bonds. The lowest BCUT2D eigenvalue weighted by atomic mass is 10.0. The first-order chi connectivity index (χ1) is 13.4. The summed E-state index contributed by atoms with van der Waals surface area (Å²) >= 11 is 0. The Bertz CT molecular complexity index is 265. The Balaban J connectivity index is 3.00. The third-order valence-corrected chi connectivity index (χ3v) is 5.66. The lowest BCUT2D eigenvalue weighted by Crippen LogP contribution is -1.84. The lowest BCUT2D eigenvalue weighted by Gasteiger charge is -2.03. The normalized spacial score (nSPS) is 11.6. The zero-order valence-corrected chi connectivity index (χ0v) is 18.8. The van der Waals surface area contributed by atoms with E-state index in [4.69, 9.17) is 0 Å². The van der Waals surface area contributed by atoms with Crippen LogP contribution in [0.3, 0.4) is 0 Å². The van der Waals surface area contributed by atoms with E-state index in [9.17, 15) is 0 Å². The minimum absolute atomic E-state index is 1.07. The maximum atomic E-state index is 3.91. The molecule has 0 atom stereocenters. The molecular weight excluding hydrogens is 324 g/mol. The highest BCUT2D eigenvalue weighted by molar-refractivity contribution is 4.81. The van der Waals surface area contributed by atoms with Gasteiger partial charge >= 0.3 is 0 Å². The first-order valence-electron chi connectivity index (χ1n) is 12.6. The molecule has 2 radical (unpaired) electrons. The van der Waals surface area contributed by atoms with Crippen LogP contribution in [0.25, 0.3) is 0 Å². The third kappa shape index (κ3) is 25.7. The summed E-state index contributed by atoms with van der Waals surface area (Å²) in [6, 6.07) is 0. The van der Waals surface area contributed by atoms with Crippen molar-refractivity contribution in [2.75, 3.05) is 0 Å². The highest BCUT2D eigenvalue weighted by Crippen LogP contribution is 2.14. The van der Waals surface area contributed by atoms with Crippen molar-refractivity contribution in [2.24, 2.45) is 0 Å². The summed E-state index contributed by atoms with van der Waals surface area (Å²) in [6.45, 7) is 7.79. The molecule has 0 heteroatoms. The van der Waals surface area contributed by atoms with E-state index in [0.29, 0.717) is 0 Å². The smallest absolute Gasteiger partial charge is 0.0351 e. The van der Waals surface area contributed by atoms with Gasteiger partial charge < -0.3 is 0 Å². The van der Waals surface area contributed by atoms with E-state index in [0.717, 1.165) is 12.8 Å². The Hall–Kier alpha value is -0.260. The molecule has 0 aromatic heterocycles. The SMILES string of the molecule is [CH2]CCC/C=C/CCCCCCCCCCCCCCCCCCCC[CH2]. The van der Waals surface area contributed by atoms with Gasteiger partial charge in [0.2, 0.25) is 0 Å². The second-order valence-corrected chi connectivity index (χ2v) is 8.47. The maximum absolute atomic E-state index is 3.91. The molecule has 0 aromatic carbocycles. The van der Waals surface area contributed by atoms with Crippen LogP contribution in [0, 0.1) is 13.8 Å². The quantitative estimate of drug-likeness (QED) is 0.123. The summed E-state index contributed by atoms with van der Waals surface area (Å²) in [6.07, 6.45) is 36.7. The van der Waals surface area contributed by atoms with Crippen LogP contribution in [-0.4, -0.2) is 0 Å². The van der Waals surface area contributed by atoms with Crippen LogP contribution in [0.5, 0.6) is 0 Å². The first kappa shape index (κ1) is 26.7. The van der Waals surface area contributed by atoms with Gasteiger partial charge in [0, 0.05) is 0 Å². The van der Waals surface area contributed by atoms with Crippen molar-refractivity contribution >= 4 is 0 Å². The van der Waals surface area contributed by atoms with Gasteiger partial charge in [0.1, 0.15) is 0 Å². The Kier molecular flexibility index (Phi) is 25.5. The minimum atomic E-state index is 1.07. The van der Waals surface area contributed by atoms with E-state index in [2.05, 4.69) is 26.0 Å². The molecule has 0 rings (SSSR count). The van der Waals surface area contributed by atoms with Crippen molar-refractivity contribution < 1.29 is 0 Å². The fraction of sp³-hybridized carbons (Fsp3) is 0.852. The molecule has 0 unspecified atom stereocenters. The molecule has 0 aliphatic heterocycles. The third-order valence-electron chi connectivity index (χ3n) is 5.66. The largest absolute Gasteiger partial charge is 0.0885 e. The number of unbranched alkanes of at least 4 members (excludes halogenated alkanes) is 21. The number of allylic oxidation sites excluding steroid dienone is 2. The van der Waals surface area contributed by atoms with Gasteiger partial charge in [-0.05, 0) is 25.7 Å². The molecule has 0 saturated heterocycles. The molecule has 0 N–H and O–H groups in total. The molecule has 0 nitrogen and oxygen atoms in total. The molecule has 0 aromatic rings. The number of hydrogen-bond acceptors (Lipinski definition) is 0. The van der Waals surface area contributed by atoms with Crippen LogP contribution >= 0.6 is 0 Å². The summed E-state index contributed by atoms with van der Waals surface area (Å²) in [4.78, 5) is 0. The van der Waals surface area contributed by atoms with E-state index in [1.54, 1.807) is 0 Å². The molecule has 0 fully saturated rings. The van der Waals surface area contributed by atoms with Crippen molar-refractivity contribution in [3.63, 3.8) is 0 Å². The lowest BCUT2D eigenvalue weighted by molar-refractivity contribution is 0.524. The second kappa shape index (κ2) is 25.7. The van der Waals surface area contributed by atoms with E-state index in [1.807, 2.05) is 0 Å². The molecule has 0 heterocycles. The predicted molar refractivity (Wildman–Crippen MR) is 126 cm³/mol. The Morgan fingerprint density at radius 1 is 0.296 bits per heavy atom. The van der Waals surface area contributed by atoms with Gasteiger partial charge in [-0.3, -0.25) is 0 Å². The van der Waals surface area contributed by atoms with Crippen LogP contribution in [0.15, 0.2) is 12.2 Å². The zero-order valence-electron chi connectivity index (χ0n) is 18.8. The topological polar surface area (TPSA) is 0 Å². The van der Waals surface area contributed by atoms with Crippen molar-refractivity contribution in [1.29, 1.82) is 0 Å². The van der Waals surface area contributed by atoms with Crippen molar-refractivity contribution in [3.8, 4) is 0 Å². The molecule has 27 heavy (non-hydrogen) atoms. The molecule has 0 spiro atoms. The van der Waals surface area contributed by atoms with E-state index in [-0.39, 0.29) is 0 Å². The second-order valence-electron chi connectivity index (χ2n) is 8.47. The monoisotopic (exact) mass is 376 g/mol. The van der Waals surface area contributed by atoms with Gasteiger partial charge in [-0.1, -0.05) is 148 Å². The van der Waals surface area contributed by atoms with Crippen LogP contribution in [0.1, 0.15) is 148 Å². The zero-order chi connectivity index (χ0) is 19.7. The van der Waals surface area contributed by atoms with E-state index in [1.165, 1.54) is 135 Å². The number of hydrogen-bond donors (Lipinski definition) is 0. The summed E-state index contributed by atoms with van der Waals surface area (Å²) in [7, 11) is 0. The summed E-state index contributed by atoms with van der Waals surface area (Å²) in [5, 5.41) is 0. The summed E-state index contributed by atoms with van der Waals surface area (Å²) in [5.41, 5.74) is 0. The van der Waals surface area contributed by atoms with Crippen LogP contribution in [0.2, 0.25) is 0 Å². The van der Waals surface area contributed by atoms with Crippen LogP contribution < -0.4 is 0 Å². The Labute approximate surface area is 174 Å². The molecule has 0 saturated carbocycles. The highest BCUT2D eigenvalue weighted by Gasteiger charge is 1.95. The molecule has 0 aliphatic rings. The van der Waals surface area contributed by atoms with Crippen LogP contribution in [0.4, 0.5) is 0 Å². The molecular formula is C27H52. The average molecular weight is 377 g/mol. The molecule has 0 aliphatic carbocycles. The van der Waals surface area contributed by atoms with Gasteiger partial charge in [-0.25, -0.2) is 0 Å². The predicted octanol–water partition coefficient (Wildman–Crippen LogP) is 10.2. The fourth-order valence-electron chi connectivity index (χ4n) is 3.77. The van der Waals surface area contributed by atoms with Crippen molar-refractivity contribution in [2.45, 2.75) is 148 Å². The summed E-state index contributed by atoms with van der Waals surface area (Å²) in [5.74, 6) is 0. The van der Waals surface area contributed by atoms with Crippen LogP contribution in [-0.2, 0) is 0 Å². The highest BCUT2D eigenvalue weighted by atomic mass is 14.0. The van der Waals surface area contributed by atoms with Gasteiger partial charge in [0.15, 0.2) is 0 Å². The van der Waals surface area contributed by atoms with Crippen molar-refractivity contribution in [1.82, 2.24) is 0 Å². The van der Waals surface area contributed by atoms with Gasteiger partial charge in [0.25, 0.3) is 0 Å². The van der Waals surface area contributed by atoms with Crippen molar-refractivity contribution in [3.05, 3.63) is 26.0 Å². The average Bonchev–Trinajstić information content (AvgIpc) is 2.68. The fourth-order valence-corrected chi connectivity index (χ4v) is 3.77. The standard InChI is InChI=1S/C27H52/c1-3-5-7-9-11-13-15-17-19-21-23-25-27-26-24-22-20-18-16-14-12-10-8-6-4-2/h9,11H,1-8,10,12-27H2/b11-9+. The summed E-state index contributed by atoms with van der Waals surface area (Å²) < 4.78 is 0. The molecule has 0 bridgehead atoms. The van der Waals surface area contributed by atoms with Gasteiger partial charge in [0.05, 0.1) is 0 Å². The van der Waals surface area contributed by atoms with E-state index >= 15 is 0 Å². The first-order valence-corrected chi connectivity index (χ1v) is 12.6. The van der Waals surface area contributed by atoms with Gasteiger partial charge in [-0.2, -0.15) is 0 Å². The Morgan fingerprint density at radius 3 is 0.889 bits per heavy atom. The minimum Gasteiger partial charge on any atom is -0.0885 e. The Morgan fingerprint density at radius 2 is 0.556 bits per heavy atom. The van der Waals surface area contributed by atoms with E-state index < -0.39 is 0 Å². The maximum Gasteiger partial charge on any atom is -0.0351 e. The number of rotatable bonds is 23. The molecule has 160 valence electrons.